The van der Waals surface area contributed by atoms with E-state index in [0.29, 0.717) is 56.4 Å². The Hall–Kier alpha value is -2.72. The number of carbonyl (C=O) groups excluding carboxylic acids is 2. The number of rotatable bonds is 5. The third-order valence-corrected chi connectivity index (χ3v) is 5.51. The lowest BCUT2D eigenvalue weighted by atomic mass is 10.0. The first-order valence-electron chi connectivity index (χ1n) is 9.79. The summed E-state index contributed by atoms with van der Waals surface area (Å²) in [5.41, 5.74) is 2.32. The molecule has 1 aromatic heterocycles. The highest BCUT2D eigenvalue weighted by Crippen LogP contribution is 2.23. The summed E-state index contributed by atoms with van der Waals surface area (Å²) in [6.45, 7) is 4.43. The number of oxime groups is 1. The molecule has 0 bridgehead atoms. The molecule has 1 saturated heterocycles. The van der Waals surface area contributed by atoms with Gasteiger partial charge in [0.2, 0.25) is 6.10 Å². The van der Waals surface area contributed by atoms with Crippen LogP contribution < -0.4 is 5.32 Å². The minimum Gasteiger partial charge on any atom is -0.382 e. The molecule has 4 rings (SSSR count). The van der Waals surface area contributed by atoms with Crippen LogP contribution in [0.1, 0.15) is 29.4 Å². The monoisotopic (exact) mass is 475 g/mol. The molecule has 0 aliphatic carbocycles. The SMILES string of the molecule is CCn1ncc(NC(=O)C2CC(c3cccc(Br)c3)=NO2)c1C(=O)N1CCOCC1. The first-order chi connectivity index (χ1) is 14.6. The van der Waals surface area contributed by atoms with Crippen LogP contribution in [0, 0.1) is 0 Å². The standard InChI is InChI=1S/C20H22BrN5O4/c1-2-26-18(20(28)25-6-8-29-9-7-25)16(12-22-26)23-19(27)17-11-15(24-30-17)13-4-3-5-14(21)10-13/h3-5,10,12,17H,2,6-9,11H2,1H3,(H,23,27). The summed E-state index contributed by atoms with van der Waals surface area (Å²) in [6, 6.07) is 7.66. The number of nitrogens with zero attached hydrogens (tertiary/aromatic N) is 4. The van der Waals surface area contributed by atoms with Gasteiger partial charge in [0.1, 0.15) is 5.69 Å². The van der Waals surface area contributed by atoms with E-state index in [1.807, 2.05) is 31.2 Å². The van der Waals surface area contributed by atoms with E-state index in [4.69, 9.17) is 9.57 Å². The van der Waals surface area contributed by atoms with Crippen LogP contribution in [-0.2, 0) is 20.9 Å². The molecule has 0 spiro atoms. The quantitative estimate of drug-likeness (QED) is 0.714. The number of anilines is 1. The van der Waals surface area contributed by atoms with Crippen LogP contribution >= 0.6 is 15.9 Å². The van der Waals surface area contributed by atoms with Crippen LogP contribution in [-0.4, -0.2) is 64.6 Å². The first-order valence-corrected chi connectivity index (χ1v) is 10.6. The second kappa shape index (κ2) is 8.97. The average molecular weight is 476 g/mol. The molecule has 1 N–H and O–H groups in total. The number of aryl methyl sites for hydroxylation is 1. The Morgan fingerprint density at radius 3 is 2.83 bits per heavy atom. The predicted octanol–water partition coefficient (Wildman–Crippen LogP) is 2.27. The first kappa shape index (κ1) is 20.5. The molecule has 1 atom stereocenters. The summed E-state index contributed by atoms with van der Waals surface area (Å²) < 4.78 is 7.84. The van der Waals surface area contributed by atoms with Gasteiger partial charge in [-0.05, 0) is 19.1 Å². The molecule has 3 heterocycles. The smallest absolute Gasteiger partial charge is 0.274 e. The topological polar surface area (TPSA) is 98.1 Å². The second-order valence-corrected chi connectivity index (χ2v) is 7.88. The molecule has 1 aromatic carbocycles. The highest BCUT2D eigenvalue weighted by molar-refractivity contribution is 9.10. The van der Waals surface area contributed by atoms with Gasteiger partial charge in [-0.25, -0.2) is 0 Å². The van der Waals surface area contributed by atoms with Crippen molar-refractivity contribution in [2.24, 2.45) is 5.16 Å². The highest BCUT2D eigenvalue weighted by Gasteiger charge is 2.32. The van der Waals surface area contributed by atoms with Crippen molar-refractivity contribution < 1.29 is 19.2 Å². The van der Waals surface area contributed by atoms with Gasteiger partial charge in [-0.15, -0.1) is 0 Å². The number of hydrogen-bond acceptors (Lipinski definition) is 6. The molecule has 9 nitrogen and oxygen atoms in total. The van der Waals surface area contributed by atoms with Gasteiger partial charge < -0.3 is 19.8 Å². The summed E-state index contributed by atoms with van der Waals surface area (Å²) in [7, 11) is 0. The van der Waals surface area contributed by atoms with Crippen LogP contribution in [0.2, 0.25) is 0 Å². The van der Waals surface area contributed by atoms with Gasteiger partial charge in [-0.1, -0.05) is 33.2 Å². The summed E-state index contributed by atoms with van der Waals surface area (Å²) in [4.78, 5) is 32.9. The Labute approximate surface area is 182 Å². The van der Waals surface area contributed by atoms with Gasteiger partial charge in [0, 0.05) is 36.1 Å². The van der Waals surface area contributed by atoms with Gasteiger partial charge in [-0.2, -0.15) is 5.10 Å². The molecule has 1 unspecified atom stereocenters. The molecule has 2 aliphatic rings. The molecule has 1 fully saturated rings. The van der Waals surface area contributed by atoms with Gasteiger partial charge >= 0.3 is 0 Å². The number of nitrogens with one attached hydrogen (secondary N) is 1. The number of ether oxygens (including phenoxy) is 1. The van der Waals surface area contributed by atoms with Crippen LogP contribution in [0.4, 0.5) is 5.69 Å². The Kier molecular flexibility index (Phi) is 6.14. The van der Waals surface area contributed by atoms with Crippen molar-refractivity contribution in [1.82, 2.24) is 14.7 Å². The lowest BCUT2D eigenvalue weighted by Crippen LogP contribution is -2.42. The van der Waals surface area contributed by atoms with E-state index in [1.165, 1.54) is 6.20 Å². The minimum absolute atomic E-state index is 0.175. The number of morpholine rings is 1. The maximum atomic E-state index is 13.0. The van der Waals surface area contributed by atoms with Gasteiger partial charge in [0.15, 0.2) is 0 Å². The van der Waals surface area contributed by atoms with E-state index in [-0.39, 0.29) is 11.8 Å². The van der Waals surface area contributed by atoms with E-state index in [1.54, 1.807) is 9.58 Å². The van der Waals surface area contributed by atoms with E-state index in [2.05, 4.69) is 31.5 Å². The fourth-order valence-electron chi connectivity index (χ4n) is 3.43. The van der Waals surface area contributed by atoms with E-state index in [9.17, 15) is 9.59 Å². The van der Waals surface area contributed by atoms with Crippen molar-refractivity contribution in [3.63, 3.8) is 0 Å². The van der Waals surface area contributed by atoms with Gasteiger partial charge in [0.05, 0.1) is 30.8 Å². The van der Waals surface area contributed by atoms with E-state index < -0.39 is 6.10 Å². The summed E-state index contributed by atoms with van der Waals surface area (Å²) in [5.74, 6) is -0.540. The molecule has 158 valence electrons. The Morgan fingerprint density at radius 1 is 1.30 bits per heavy atom. The summed E-state index contributed by atoms with van der Waals surface area (Å²) in [5, 5.41) is 11.1. The molecule has 2 aromatic rings. The molecule has 30 heavy (non-hydrogen) atoms. The maximum Gasteiger partial charge on any atom is 0.274 e. The van der Waals surface area contributed by atoms with Crippen molar-refractivity contribution in [3.8, 4) is 0 Å². The number of aromatic nitrogens is 2. The minimum atomic E-state index is -0.768. The lowest BCUT2D eigenvalue weighted by molar-refractivity contribution is -0.125. The molecule has 0 radical (unpaired) electrons. The third kappa shape index (κ3) is 4.24. The Balaban J connectivity index is 1.46. The predicted molar refractivity (Wildman–Crippen MR) is 113 cm³/mol. The summed E-state index contributed by atoms with van der Waals surface area (Å²) >= 11 is 3.43. The maximum absolute atomic E-state index is 13.0. The number of hydrogen-bond donors (Lipinski definition) is 1. The molecular formula is C20H22BrN5O4. The van der Waals surface area contributed by atoms with Crippen LogP contribution in [0.25, 0.3) is 0 Å². The fraction of sp³-hybridized carbons (Fsp3) is 0.400. The third-order valence-electron chi connectivity index (χ3n) is 5.02. The largest absolute Gasteiger partial charge is 0.382 e. The van der Waals surface area contributed by atoms with Gasteiger partial charge in [-0.3, -0.25) is 14.3 Å². The number of amides is 2. The average Bonchev–Trinajstić information content (AvgIpc) is 3.41. The number of carbonyl (C=O) groups is 2. The van der Waals surface area contributed by atoms with E-state index in [0.717, 1.165) is 10.0 Å². The highest BCUT2D eigenvalue weighted by atomic mass is 79.9. The summed E-state index contributed by atoms with van der Waals surface area (Å²) in [6.07, 6.45) is 1.08. The Morgan fingerprint density at radius 2 is 2.10 bits per heavy atom. The van der Waals surface area contributed by atoms with E-state index >= 15 is 0 Å². The zero-order valence-corrected chi connectivity index (χ0v) is 18.1. The molecule has 0 saturated carbocycles. The molecule has 2 amide bonds. The zero-order valence-electron chi connectivity index (χ0n) is 16.5. The Bertz CT molecular complexity index is 983. The van der Waals surface area contributed by atoms with Crippen molar-refractivity contribution in [3.05, 3.63) is 46.2 Å². The van der Waals surface area contributed by atoms with Crippen molar-refractivity contribution in [2.75, 3.05) is 31.6 Å². The fourth-order valence-corrected chi connectivity index (χ4v) is 3.83. The van der Waals surface area contributed by atoms with Gasteiger partial charge in [0.25, 0.3) is 11.8 Å². The van der Waals surface area contributed by atoms with Crippen LogP contribution in [0.15, 0.2) is 40.1 Å². The van der Waals surface area contributed by atoms with Crippen molar-refractivity contribution in [1.29, 1.82) is 0 Å². The van der Waals surface area contributed by atoms with Crippen molar-refractivity contribution >= 4 is 39.1 Å². The lowest BCUT2D eigenvalue weighted by Gasteiger charge is -2.27. The number of halogens is 1. The molecular weight excluding hydrogens is 454 g/mol. The van der Waals surface area contributed by atoms with Crippen molar-refractivity contribution in [2.45, 2.75) is 26.0 Å². The zero-order chi connectivity index (χ0) is 21.1. The second-order valence-electron chi connectivity index (χ2n) is 6.96. The molecule has 2 aliphatic heterocycles. The molecule has 10 heteroatoms. The number of benzene rings is 1. The normalized spacial score (nSPS) is 18.7. The van der Waals surface area contributed by atoms with Crippen LogP contribution in [0.5, 0.6) is 0 Å². The van der Waals surface area contributed by atoms with Crippen LogP contribution in [0.3, 0.4) is 0 Å².